The molecule has 4 heteroatoms. The summed E-state index contributed by atoms with van der Waals surface area (Å²) in [6, 6.07) is 6.55. The number of benzene rings is 1. The maximum Gasteiger partial charge on any atom is 0.161 e. The van der Waals surface area contributed by atoms with Gasteiger partial charge in [0, 0.05) is 17.8 Å². The minimum Gasteiger partial charge on any atom is -0.493 e. The SMILES string of the molecule is CCCc1c(C#N)c2n(c1CC)CCc1cc(OC)c(OC)cc1-2. The molecule has 4 nitrogen and oxygen atoms in total. The molecule has 0 saturated heterocycles. The lowest BCUT2D eigenvalue weighted by Crippen LogP contribution is -2.14. The van der Waals surface area contributed by atoms with Crippen molar-refractivity contribution in [1.82, 2.24) is 4.57 Å². The molecule has 2 aromatic rings. The first kappa shape index (κ1) is 16.4. The van der Waals surface area contributed by atoms with E-state index in [0.717, 1.165) is 54.8 Å². The maximum absolute atomic E-state index is 9.84. The molecule has 0 atom stereocenters. The van der Waals surface area contributed by atoms with Gasteiger partial charge in [-0.3, -0.25) is 0 Å². The van der Waals surface area contributed by atoms with Crippen LogP contribution in [-0.2, 0) is 25.8 Å². The summed E-state index contributed by atoms with van der Waals surface area (Å²) < 4.78 is 13.3. The van der Waals surface area contributed by atoms with Crippen LogP contribution >= 0.6 is 0 Å². The molecule has 24 heavy (non-hydrogen) atoms. The molecule has 2 heterocycles. The Bertz CT molecular complexity index is 812. The van der Waals surface area contributed by atoms with Crippen molar-refractivity contribution in [2.24, 2.45) is 0 Å². The van der Waals surface area contributed by atoms with Crippen LogP contribution < -0.4 is 9.47 Å². The standard InChI is InChI=1S/C20H24N2O2/c1-5-7-14-16(12-21)20-15-11-19(24-4)18(23-3)10-13(15)8-9-22(20)17(14)6-2/h10-11H,5-9H2,1-4H3. The van der Waals surface area contributed by atoms with Crippen LogP contribution in [-0.4, -0.2) is 18.8 Å². The van der Waals surface area contributed by atoms with Crippen LogP contribution in [0.15, 0.2) is 12.1 Å². The Morgan fingerprint density at radius 1 is 1.17 bits per heavy atom. The number of ether oxygens (including phenoxy) is 2. The highest BCUT2D eigenvalue weighted by atomic mass is 16.5. The van der Waals surface area contributed by atoms with Gasteiger partial charge in [0.2, 0.25) is 0 Å². The van der Waals surface area contributed by atoms with Crippen molar-refractivity contribution >= 4 is 0 Å². The lowest BCUT2D eigenvalue weighted by atomic mass is 9.94. The van der Waals surface area contributed by atoms with Gasteiger partial charge in [0.1, 0.15) is 6.07 Å². The summed E-state index contributed by atoms with van der Waals surface area (Å²) in [5.41, 5.74) is 6.75. The summed E-state index contributed by atoms with van der Waals surface area (Å²) in [4.78, 5) is 0. The molecular formula is C20H24N2O2. The van der Waals surface area contributed by atoms with Gasteiger partial charge >= 0.3 is 0 Å². The van der Waals surface area contributed by atoms with Crippen molar-refractivity contribution in [3.8, 4) is 28.8 Å². The lowest BCUT2D eigenvalue weighted by Gasteiger charge is -2.23. The van der Waals surface area contributed by atoms with Gasteiger partial charge in [0.05, 0.1) is 25.5 Å². The van der Waals surface area contributed by atoms with Crippen molar-refractivity contribution in [2.45, 2.75) is 46.1 Å². The summed E-state index contributed by atoms with van der Waals surface area (Å²) in [6.07, 6.45) is 3.89. The fraction of sp³-hybridized carbons (Fsp3) is 0.450. The van der Waals surface area contributed by atoms with Crippen molar-refractivity contribution in [2.75, 3.05) is 14.2 Å². The number of nitrogens with zero attached hydrogens (tertiary/aromatic N) is 2. The van der Waals surface area contributed by atoms with E-state index < -0.39 is 0 Å². The van der Waals surface area contributed by atoms with E-state index in [2.05, 4.69) is 30.6 Å². The Balaban J connectivity index is 2.30. The third-order valence-electron chi connectivity index (χ3n) is 4.90. The molecule has 0 aliphatic carbocycles. The number of nitriles is 1. The quantitative estimate of drug-likeness (QED) is 0.831. The van der Waals surface area contributed by atoms with Gasteiger partial charge in [0.25, 0.3) is 0 Å². The molecule has 0 unspecified atom stereocenters. The highest BCUT2D eigenvalue weighted by molar-refractivity contribution is 5.77. The Labute approximate surface area is 143 Å². The van der Waals surface area contributed by atoms with E-state index in [1.165, 1.54) is 16.8 Å². The fourth-order valence-corrected chi connectivity index (χ4v) is 3.87. The van der Waals surface area contributed by atoms with Crippen LogP contribution in [0.2, 0.25) is 0 Å². The Kier molecular flexibility index (Phi) is 4.53. The third-order valence-corrected chi connectivity index (χ3v) is 4.90. The molecule has 1 aromatic heterocycles. The molecule has 1 aliphatic rings. The first-order chi connectivity index (χ1) is 11.7. The predicted octanol–water partition coefficient (Wildman–Crippen LogP) is 4.11. The zero-order valence-corrected chi connectivity index (χ0v) is 14.9. The number of methoxy groups -OCH3 is 2. The summed E-state index contributed by atoms with van der Waals surface area (Å²) >= 11 is 0. The van der Waals surface area contributed by atoms with Gasteiger partial charge in [-0.1, -0.05) is 20.3 Å². The molecule has 1 aromatic carbocycles. The van der Waals surface area contributed by atoms with E-state index in [1.807, 2.05) is 6.07 Å². The van der Waals surface area contributed by atoms with Crippen LogP contribution in [0.1, 0.15) is 42.7 Å². The maximum atomic E-state index is 9.84. The second-order valence-electron chi connectivity index (χ2n) is 6.13. The monoisotopic (exact) mass is 324 g/mol. The average molecular weight is 324 g/mol. The van der Waals surface area contributed by atoms with Gasteiger partial charge in [-0.05, 0) is 42.5 Å². The largest absolute Gasteiger partial charge is 0.493 e. The zero-order valence-electron chi connectivity index (χ0n) is 14.9. The number of fused-ring (bicyclic) bond motifs is 3. The lowest BCUT2D eigenvalue weighted by molar-refractivity contribution is 0.354. The zero-order chi connectivity index (χ0) is 17.3. The molecule has 0 radical (unpaired) electrons. The van der Waals surface area contributed by atoms with Crippen LogP contribution in [0.4, 0.5) is 0 Å². The van der Waals surface area contributed by atoms with E-state index >= 15 is 0 Å². The smallest absolute Gasteiger partial charge is 0.161 e. The molecule has 1 aliphatic heterocycles. The first-order valence-electron chi connectivity index (χ1n) is 8.59. The van der Waals surface area contributed by atoms with Crippen LogP contribution in [0.3, 0.4) is 0 Å². The first-order valence-corrected chi connectivity index (χ1v) is 8.59. The summed E-state index contributed by atoms with van der Waals surface area (Å²) in [5.74, 6) is 1.46. The third kappa shape index (κ3) is 2.36. The highest BCUT2D eigenvalue weighted by Gasteiger charge is 2.28. The normalized spacial score (nSPS) is 12.3. The fourth-order valence-electron chi connectivity index (χ4n) is 3.87. The Morgan fingerprint density at radius 3 is 2.46 bits per heavy atom. The summed E-state index contributed by atoms with van der Waals surface area (Å²) in [7, 11) is 3.31. The minimum absolute atomic E-state index is 0.713. The predicted molar refractivity (Wildman–Crippen MR) is 94.8 cm³/mol. The average Bonchev–Trinajstić information content (AvgIpc) is 2.93. The van der Waals surface area contributed by atoms with Crippen molar-refractivity contribution in [3.05, 3.63) is 34.5 Å². The van der Waals surface area contributed by atoms with Crippen molar-refractivity contribution in [1.29, 1.82) is 5.26 Å². The van der Waals surface area contributed by atoms with E-state index in [0.29, 0.717) is 5.75 Å². The topological polar surface area (TPSA) is 47.2 Å². The Morgan fingerprint density at radius 2 is 1.88 bits per heavy atom. The van der Waals surface area contributed by atoms with Gasteiger partial charge in [0.15, 0.2) is 11.5 Å². The molecule has 0 bridgehead atoms. The van der Waals surface area contributed by atoms with Crippen molar-refractivity contribution in [3.63, 3.8) is 0 Å². The molecule has 0 spiro atoms. The second kappa shape index (κ2) is 6.60. The molecule has 0 amide bonds. The van der Waals surface area contributed by atoms with Crippen LogP contribution in [0.5, 0.6) is 11.5 Å². The molecular weight excluding hydrogens is 300 g/mol. The molecule has 0 saturated carbocycles. The summed E-state index contributed by atoms with van der Waals surface area (Å²) in [6.45, 7) is 5.26. The van der Waals surface area contributed by atoms with Crippen molar-refractivity contribution < 1.29 is 9.47 Å². The number of hydrogen-bond acceptors (Lipinski definition) is 3. The molecule has 126 valence electrons. The number of aryl methyl sites for hydroxylation is 1. The van der Waals surface area contributed by atoms with Gasteiger partial charge in [-0.15, -0.1) is 0 Å². The second-order valence-corrected chi connectivity index (χ2v) is 6.13. The van der Waals surface area contributed by atoms with Crippen LogP contribution in [0, 0.1) is 11.3 Å². The van der Waals surface area contributed by atoms with Gasteiger partial charge in [-0.25, -0.2) is 0 Å². The molecule has 0 N–H and O–H groups in total. The van der Waals surface area contributed by atoms with E-state index in [1.54, 1.807) is 14.2 Å². The van der Waals surface area contributed by atoms with Crippen LogP contribution in [0.25, 0.3) is 11.3 Å². The molecule has 3 rings (SSSR count). The van der Waals surface area contributed by atoms with E-state index in [4.69, 9.17) is 9.47 Å². The highest BCUT2D eigenvalue weighted by Crippen LogP contribution is 2.42. The van der Waals surface area contributed by atoms with Gasteiger partial charge < -0.3 is 14.0 Å². The minimum atomic E-state index is 0.713. The molecule has 0 fully saturated rings. The van der Waals surface area contributed by atoms with Gasteiger partial charge in [-0.2, -0.15) is 5.26 Å². The van der Waals surface area contributed by atoms with E-state index in [-0.39, 0.29) is 0 Å². The Hall–Kier alpha value is -2.41. The number of hydrogen-bond donors (Lipinski definition) is 0. The number of rotatable bonds is 5. The number of aromatic nitrogens is 1. The summed E-state index contributed by atoms with van der Waals surface area (Å²) in [5, 5.41) is 9.84. The van der Waals surface area contributed by atoms with E-state index in [9.17, 15) is 5.26 Å².